The van der Waals surface area contributed by atoms with Gasteiger partial charge in [-0.15, -0.1) is 0 Å². The van der Waals surface area contributed by atoms with E-state index in [-0.39, 0.29) is 17.9 Å². The second-order valence-electron chi connectivity index (χ2n) is 7.08. The van der Waals surface area contributed by atoms with E-state index >= 15 is 0 Å². The van der Waals surface area contributed by atoms with Crippen LogP contribution in [0.25, 0.3) is 0 Å². The average molecular weight is 473 g/mol. The first kappa shape index (κ1) is 23.8. The van der Waals surface area contributed by atoms with Crippen molar-refractivity contribution in [2.24, 2.45) is 0 Å². The van der Waals surface area contributed by atoms with Gasteiger partial charge in [0.05, 0.1) is 11.5 Å². The molecule has 0 saturated carbocycles. The van der Waals surface area contributed by atoms with Crippen molar-refractivity contribution in [2.45, 2.75) is 30.8 Å². The van der Waals surface area contributed by atoms with Crippen LogP contribution in [-0.4, -0.2) is 27.0 Å². The Kier molecular flexibility index (Phi) is 8.27. The Morgan fingerprint density at radius 3 is 2.28 bits per heavy atom. The number of sulfonamides is 1. The van der Waals surface area contributed by atoms with E-state index in [9.17, 15) is 13.2 Å². The van der Waals surface area contributed by atoms with Gasteiger partial charge in [0.15, 0.2) is 0 Å². The van der Waals surface area contributed by atoms with Gasteiger partial charge in [-0.2, -0.15) is 4.72 Å². The molecule has 3 aromatic rings. The number of amides is 1. The van der Waals surface area contributed by atoms with Gasteiger partial charge < -0.3 is 10.1 Å². The van der Waals surface area contributed by atoms with Gasteiger partial charge >= 0.3 is 0 Å². The minimum absolute atomic E-state index is 0.0536. The maximum Gasteiger partial charge on any atom is 0.241 e. The molecule has 0 unspecified atom stereocenters. The number of carbonyl (C=O) groups excluding carboxylic acids is 1. The first-order chi connectivity index (χ1) is 15.4. The number of hydrogen-bond donors (Lipinski definition) is 2. The van der Waals surface area contributed by atoms with E-state index in [1.807, 2.05) is 43.3 Å². The first-order valence-corrected chi connectivity index (χ1v) is 12.1. The number of carbonyl (C=O) groups is 1. The highest BCUT2D eigenvalue weighted by Gasteiger charge is 2.26. The Bertz CT molecular complexity index is 1140. The van der Waals surface area contributed by atoms with E-state index in [1.54, 1.807) is 30.3 Å². The highest BCUT2D eigenvalue weighted by molar-refractivity contribution is 7.89. The molecule has 0 aliphatic rings. The number of hydrogen-bond acceptors (Lipinski definition) is 4. The predicted octanol–water partition coefficient (Wildman–Crippen LogP) is 3.94. The molecule has 1 atom stereocenters. The summed E-state index contributed by atoms with van der Waals surface area (Å²) in [4.78, 5) is 13.0. The summed E-state index contributed by atoms with van der Waals surface area (Å²) in [5, 5.41) is 3.32. The average Bonchev–Trinajstić information content (AvgIpc) is 2.79. The molecule has 1 amide bonds. The van der Waals surface area contributed by atoms with Crippen LogP contribution >= 0.6 is 11.6 Å². The van der Waals surface area contributed by atoms with Crippen molar-refractivity contribution in [3.8, 4) is 5.75 Å². The maximum absolute atomic E-state index is 13.0. The fourth-order valence-corrected chi connectivity index (χ4v) is 4.52. The Balaban J connectivity index is 1.78. The molecule has 0 aromatic heterocycles. The van der Waals surface area contributed by atoms with Crippen LogP contribution in [0.1, 0.15) is 18.1 Å². The van der Waals surface area contributed by atoms with Crippen molar-refractivity contribution in [3.05, 3.63) is 95.0 Å². The Labute approximate surface area is 193 Å². The van der Waals surface area contributed by atoms with Crippen LogP contribution in [0.15, 0.2) is 83.8 Å². The molecule has 6 nitrogen and oxygen atoms in total. The van der Waals surface area contributed by atoms with Gasteiger partial charge in [0.2, 0.25) is 15.9 Å². The Morgan fingerprint density at radius 1 is 0.969 bits per heavy atom. The molecule has 0 radical (unpaired) electrons. The van der Waals surface area contributed by atoms with Crippen molar-refractivity contribution in [3.63, 3.8) is 0 Å². The number of halogens is 1. The molecule has 0 spiro atoms. The third-order valence-corrected chi connectivity index (χ3v) is 6.61. The monoisotopic (exact) mass is 472 g/mol. The largest absolute Gasteiger partial charge is 0.494 e. The van der Waals surface area contributed by atoms with Gasteiger partial charge in [-0.05, 0) is 54.8 Å². The van der Waals surface area contributed by atoms with Crippen LogP contribution in [0.4, 0.5) is 0 Å². The highest BCUT2D eigenvalue weighted by atomic mass is 35.5. The second kappa shape index (κ2) is 11.1. The normalized spacial score (nSPS) is 12.2. The van der Waals surface area contributed by atoms with Crippen LogP contribution in [0.2, 0.25) is 5.02 Å². The van der Waals surface area contributed by atoms with Crippen molar-refractivity contribution in [1.82, 2.24) is 10.0 Å². The number of ether oxygens (including phenoxy) is 1. The summed E-state index contributed by atoms with van der Waals surface area (Å²) in [5.41, 5.74) is 1.58. The molecular weight excluding hydrogens is 448 g/mol. The third kappa shape index (κ3) is 6.56. The van der Waals surface area contributed by atoms with Crippen LogP contribution in [0.3, 0.4) is 0 Å². The van der Waals surface area contributed by atoms with E-state index in [0.717, 1.165) is 11.1 Å². The number of benzene rings is 3. The first-order valence-electron chi connectivity index (χ1n) is 10.2. The summed E-state index contributed by atoms with van der Waals surface area (Å²) < 4.78 is 33.9. The fraction of sp³-hybridized carbons (Fsp3) is 0.208. The van der Waals surface area contributed by atoms with E-state index in [4.69, 9.17) is 16.3 Å². The van der Waals surface area contributed by atoms with Gasteiger partial charge in [-0.3, -0.25) is 4.79 Å². The molecule has 0 aliphatic heterocycles. The molecule has 0 aliphatic carbocycles. The molecule has 3 aromatic carbocycles. The summed E-state index contributed by atoms with van der Waals surface area (Å²) in [6.45, 7) is 2.52. The lowest BCUT2D eigenvalue weighted by molar-refractivity contribution is -0.122. The number of nitrogens with one attached hydrogen (secondary N) is 2. The Hall–Kier alpha value is -2.87. The minimum atomic E-state index is -3.94. The molecule has 8 heteroatoms. The van der Waals surface area contributed by atoms with E-state index in [1.165, 1.54) is 12.1 Å². The quantitative estimate of drug-likeness (QED) is 0.468. The molecule has 0 saturated heterocycles. The SMILES string of the molecule is CCOc1ccc(S(=O)(=O)N[C@@H](Cc2ccccc2)C(=O)NCc2ccccc2Cl)cc1. The summed E-state index contributed by atoms with van der Waals surface area (Å²) in [7, 11) is -3.94. The molecule has 3 rings (SSSR count). The lowest BCUT2D eigenvalue weighted by atomic mass is 10.1. The van der Waals surface area contributed by atoms with Crippen molar-refractivity contribution in [1.29, 1.82) is 0 Å². The predicted molar refractivity (Wildman–Crippen MR) is 125 cm³/mol. The molecule has 32 heavy (non-hydrogen) atoms. The van der Waals surface area contributed by atoms with E-state index in [2.05, 4.69) is 10.0 Å². The van der Waals surface area contributed by atoms with Crippen LogP contribution in [0.5, 0.6) is 5.75 Å². The summed E-state index contributed by atoms with van der Waals surface area (Å²) in [6, 6.07) is 21.5. The molecule has 0 bridgehead atoms. The van der Waals surface area contributed by atoms with E-state index < -0.39 is 22.0 Å². The van der Waals surface area contributed by atoms with Gasteiger partial charge in [-0.1, -0.05) is 60.1 Å². The van der Waals surface area contributed by atoms with Crippen LogP contribution in [-0.2, 0) is 27.8 Å². The number of rotatable bonds is 10. The zero-order valence-electron chi connectivity index (χ0n) is 17.6. The summed E-state index contributed by atoms with van der Waals surface area (Å²) in [6.07, 6.45) is 0.200. The van der Waals surface area contributed by atoms with Crippen LogP contribution < -0.4 is 14.8 Å². The second-order valence-corrected chi connectivity index (χ2v) is 9.20. The zero-order chi connectivity index (χ0) is 23.0. The standard InChI is InChI=1S/C24H25ClN2O4S/c1-2-31-20-12-14-21(15-13-20)32(29,30)27-23(16-18-8-4-3-5-9-18)24(28)26-17-19-10-6-7-11-22(19)25/h3-15,23,27H,2,16-17H2,1H3,(H,26,28)/t23-/m0/s1. The van der Waals surface area contributed by atoms with Gasteiger partial charge in [-0.25, -0.2) is 8.42 Å². The molecular formula is C24H25ClN2O4S. The topological polar surface area (TPSA) is 84.5 Å². The van der Waals surface area contributed by atoms with Crippen molar-refractivity contribution < 1.29 is 17.9 Å². The molecule has 0 fully saturated rings. The van der Waals surface area contributed by atoms with E-state index in [0.29, 0.717) is 17.4 Å². The minimum Gasteiger partial charge on any atom is -0.494 e. The van der Waals surface area contributed by atoms with Crippen molar-refractivity contribution in [2.75, 3.05) is 6.61 Å². The summed E-state index contributed by atoms with van der Waals surface area (Å²) >= 11 is 6.17. The lowest BCUT2D eigenvalue weighted by Gasteiger charge is -2.19. The highest BCUT2D eigenvalue weighted by Crippen LogP contribution is 2.18. The zero-order valence-corrected chi connectivity index (χ0v) is 19.2. The lowest BCUT2D eigenvalue weighted by Crippen LogP contribution is -2.47. The van der Waals surface area contributed by atoms with Crippen LogP contribution in [0, 0.1) is 0 Å². The smallest absolute Gasteiger partial charge is 0.241 e. The molecule has 0 heterocycles. The summed E-state index contributed by atoms with van der Waals surface area (Å²) in [5.74, 6) is 0.132. The van der Waals surface area contributed by atoms with Gasteiger partial charge in [0.25, 0.3) is 0 Å². The molecule has 2 N–H and O–H groups in total. The van der Waals surface area contributed by atoms with Crippen molar-refractivity contribution >= 4 is 27.5 Å². The molecule has 168 valence electrons. The van der Waals surface area contributed by atoms with Gasteiger partial charge in [0.1, 0.15) is 11.8 Å². The fourth-order valence-electron chi connectivity index (χ4n) is 3.12. The maximum atomic E-state index is 13.0. The van der Waals surface area contributed by atoms with Gasteiger partial charge in [0, 0.05) is 11.6 Å². The third-order valence-electron chi connectivity index (χ3n) is 4.75. The Morgan fingerprint density at radius 2 is 1.62 bits per heavy atom.